The summed E-state index contributed by atoms with van der Waals surface area (Å²) >= 11 is -3.28. The number of hydrogen-bond acceptors (Lipinski definition) is 2. The molecule has 0 radical (unpaired) electrons. The number of benzene rings is 2. The van der Waals surface area contributed by atoms with E-state index in [0.29, 0.717) is 0 Å². The third kappa shape index (κ3) is 1.93. The summed E-state index contributed by atoms with van der Waals surface area (Å²) in [5.74, 6) is 0. The molecule has 2 aromatic carbocycles. The minimum absolute atomic E-state index is 0.150. The van der Waals surface area contributed by atoms with Gasteiger partial charge in [-0.25, -0.2) is 0 Å². The molecule has 1 aliphatic rings. The molecule has 0 N–H and O–H groups in total. The zero-order valence-corrected chi connectivity index (χ0v) is 14.4. The van der Waals surface area contributed by atoms with E-state index < -0.39 is 13.3 Å². The number of hydrogen-bond donors (Lipinski definition) is 0. The first-order valence-electron chi connectivity index (χ1n) is 7.43. The van der Waals surface area contributed by atoms with E-state index in [1.54, 1.807) is 0 Å². The van der Waals surface area contributed by atoms with Gasteiger partial charge in [-0.15, -0.1) is 0 Å². The summed E-state index contributed by atoms with van der Waals surface area (Å²) in [7, 11) is 0. The van der Waals surface area contributed by atoms with Gasteiger partial charge in [0.25, 0.3) is 0 Å². The molecule has 2 aromatic rings. The van der Waals surface area contributed by atoms with Gasteiger partial charge in [-0.05, 0) is 0 Å². The first kappa shape index (κ1) is 14.3. The fourth-order valence-electron chi connectivity index (χ4n) is 3.34. The molecule has 0 bridgehead atoms. The van der Waals surface area contributed by atoms with Crippen LogP contribution in [0.4, 0.5) is 0 Å². The number of rotatable bonds is 2. The zero-order chi connectivity index (χ0) is 15.0. The van der Waals surface area contributed by atoms with Crippen LogP contribution in [0.2, 0.25) is 10.5 Å². The van der Waals surface area contributed by atoms with Crippen molar-refractivity contribution in [3.8, 4) is 11.1 Å². The van der Waals surface area contributed by atoms with Gasteiger partial charge in [0.05, 0.1) is 0 Å². The van der Waals surface area contributed by atoms with Crippen LogP contribution in [0.5, 0.6) is 0 Å². The van der Waals surface area contributed by atoms with Gasteiger partial charge in [-0.2, -0.15) is 0 Å². The van der Waals surface area contributed by atoms with Crippen LogP contribution in [0, 0.1) is 0 Å². The van der Waals surface area contributed by atoms with E-state index in [9.17, 15) is 9.59 Å². The molecule has 0 amide bonds. The van der Waals surface area contributed by atoms with Crippen LogP contribution >= 0.6 is 0 Å². The molecule has 0 fully saturated rings. The summed E-state index contributed by atoms with van der Waals surface area (Å²) < 4.78 is 0.300. The van der Waals surface area contributed by atoms with Crippen molar-refractivity contribution in [3.05, 3.63) is 59.7 Å². The molecule has 0 saturated carbocycles. The summed E-state index contributed by atoms with van der Waals surface area (Å²) in [5, 5.41) is 1.44. The molecular formula is C18H18GeO2. The van der Waals surface area contributed by atoms with E-state index in [0.717, 1.165) is 32.8 Å². The van der Waals surface area contributed by atoms with Crippen molar-refractivity contribution in [1.82, 2.24) is 0 Å². The molecule has 106 valence electrons. The van der Waals surface area contributed by atoms with E-state index in [1.807, 2.05) is 62.4 Å². The van der Waals surface area contributed by atoms with E-state index in [4.69, 9.17) is 0 Å². The van der Waals surface area contributed by atoms with Gasteiger partial charge in [0.15, 0.2) is 0 Å². The summed E-state index contributed by atoms with van der Waals surface area (Å²) in [6.45, 7) is 4.02. The van der Waals surface area contributed by atoms with Crippen molar-refractivity contribution >= 4 is 22.5 Å². The van der Waals surface area contributed by atoms with Crippen LogP contribution in [-0.4, -0.2) is 22.5 Å². The maximum absolute atomic E-state index is 13.2. The van der Waals surface area contributed by atoms with Crippen molar-refractivity contribution in [1.29, 1.82) is 0 Å². The van der Waals surface area contributed by atoms with Gasteiger partial charge in [0, 0.05) is 0 Å². The van der Waals surface area contributed by atoms with Gasteiger partial charge in [0.2, 0.25) is 0 Å². The van der Waals surface area contributed by atoms with Crippen molar-refractivity contribution in [2.45, 2.75) is 24.4 Å². The molecule has 1 heterocycles. The Kier molecular flexibility index (Phi) is 3.58. The molecule has 0 aliphatic carbocycles. The predicted octanol–water partition coefficient (Wildman–Crippen LogP) is 4.30. The first-order valence-corrected chi connectivity index (χ1v) is 12.5. The molecule has 0 saturated heterocycles. The Labute approximate surface area is 127 Å². The average Bonchev–Trinajstić information content (AvgIpc) is 2.62. The van der Waals surface area contributed by atoms with Crippen LogP contribution in [0.3, 0.4) is 0 Å². The normalized spacial score (nSPS) is 16.1. The molecule has 3 rings (SSSR count). The molecule has 0 unspecified atom stereocenters. The molecule has 3 heteroatoms. The molecule has 0 aromatic heterocycles. The van der Waals surface area contributed by atoms with Crippen LogP contribution < -0.4 is 0 Å². The molecule has 1 aliphatic heterocycles. The molecule has 2 nitrogen and oxygen atoms in total. The fourth-order valence-corrected chi connectivity index (χ4v) is 10.6. The minimum atomic E-state index is -3.28. The fraction of sp³-hybridized carbons (Fsp3) is 0.222. The van der Waals surface area contributed by atoms with Crippen molar-refractivity contribution in [2.24, 2.45) is 0 Å². The first-order chi connectivity index (χ1) is 10.2. The van der Waals surface area contributed by atoms with Gasteiger partial charge >= 0.3 is 127 Å². The summed E-state index contributed by atoms with van der Waals surface area (Å²) in [6, 6.07) is 15.4. The third-order valence-corrected chi connectivity index (χ3v) is 14.6. The van der Waals surface area contributed by atoms with Gasteiger partial charge in [0.1, 0.15) is 0 Å². The van der Waals surface area contributed by atoms with Gasteiger partial charge in [-0.3, -0.25) is 0 Å². The van der Waals surface area contributed by atoms with Crippen molar-refractivity contribution < 1.29 is 9.59 Å². The Morgan fingerprint density at radius 1 is 0.667 bits per heavy atom. The Bertz CT molecular complexity index is 670. The Morgan fingerprint density at radius 2 is 1.00 bits per heavy atom. The topological polar surface area (TPSA) is 34.1 Å². The quantitative estimate of drug-likeness (QED) is 0.765. The zero-order valence-electron chi connectivity index (χ0n) is 12.3. The second-order valence-corrected chi connectivity index (χ2v) is 15.0. The van der Waals surface area contributed by atoms with Crippen LogP contribution in [-0.2, 0) is 0 Å². The third-order valence-electron chi connectivity index (χ3n) is 4.71. The summed E-state index contributed by atoms with van der Waals surface area (Å²) in [4.78, 5) is 26.3. The SMILES string of the molecule is C[CH2][Ge]1([CH2]C)[C](=O)c2ccccc2-c2ccccc2[C]1=O. The van der Waals surface area contributed by atoms with E-state index in [-0.39, 0.29) is 9.23 Å². The van der Waals surface area contributed by atoms with E-state index in [2.05, 4.69) is 0 Å². The maximum atomic E-state index is 13.2. The second-order valence-electron chi connectivity index (χ2n) is 5.54. The predicted molar refractivity (Wildman–Crippen MR) is 87.3 cm³/mol. The van der Waals surface area contributed by atoms with E-state index >= 15 is 0 Å². The molecule has 0 spiro atoms. The second kappa shape index (κ2) is 5.26. The Hall–Kier alpha value is -1.68. The van der Waals surface area contributed by atoms with Gasteiger partial charge < -0.3 is 0 Å². The summed E-state index contributed by atoms with van der Waals surface area (Å²) in [6.07, 6.45) is 0. The van der Waals surface area contributed by atoms with Crippen molar-refractivity contribution in [2.75, 3.05) is 0 Å². The van der Waals surface area contributed by atoms with Crippen LogP contribution in [0.25, 0.3) is 11.1 Å². The van der Waals surface area contributed by atoms with Crippen molar-refractivity contribution in [3.63, 3.8) is 0 Å². The molecular weight excluding hydrogens is 321 g/mol. The Morgan fingerprint density at radius 3 is 1.33 bits per heavy atom. The van der Waals surface area contributed by atoms with Gasteiger partial charge in [-0.1, -0.05) is 0 Å². The van der Waals surface area contributed by atoms with E-state index in [1.165, 1.54) is 0 Å². The monoisotopic (exact) mass is 340 g/mol. The number of carbonyl (C=O) groups is 2. The standard InChI is InChI=1S/C18H18GeO2/c1-3-19(4-2)17(20)15-11-7-5-9-13(15)14-10-6-8-12-16(14)18(19)21/h5-12H,3-4H2,1-2H3. The average molecular weight is 339 g/mol. The Balaban J connectivity index is 2.42. The number of fused-ring (bicyclic) bond motifs is 3. The molecule has 21 heavy (non-hydrogen) atoms. The molecule has 0 atom stereocenters. The number of carbonyl (C=O) groups excluding carboxylic acids is 2. The summed E-state index contributed by atoms with van der Waals surface area (Å²) in [5.41, 5.74) is 3.33. The van der Waals surface area contributed by atoms with Crippen LogP contribution in [0.1, 0.15) is 34.6 Å². The van der Waals surface area contributed by atoms with Crippen LogP contribution in [0.15, 0.2) is 48.5 Å².